The first-order chi connectivity index (χ1) is 17.3. The third-order valence-corrected chi connectivity index (χ3v) is 6.29. The van der Waals surface area contributed by atoms with Gasteiger partial charge >= 0.3 is 0 Å². The zero-order valence-corrected chi connectivity index (χ0v) is 22.0. The lowest BCUT2D eigenvalue weighted by Crippen LogP contribution is -2.54. The highest BCUT2D eigenvalue weighted by Crippen LogP contribution is 2.32. The Morgan fingerprint density at radius 1 is 0.917 bits per heavy atom. The summed E-state index contributed by atoms with van der Waals surface area (Å²) in [5.74, 6) is -0.216. The Labute approximate surface area is 228 Å². The molecule has 1 N–H and O–H groups in total. The van der Waals surface area contributed by atoms with E-state index >= 15 is 0 Å². The highest BCUT2D eigenvalue weighted by Gasteiger charge is 2.34. The van der Waals surface area contributed by atoms with E-state index in [1.165, 1.54) is 11.0 Å². The predicted octanol–water partition coefficient (Wildman–Crippen LogP) is 6.46. The van der Waals surface area contributed by atoms with Gasteiger partial charge in [0, 0.05) is 20.6 Å². The van der Waals surface area contributed by atoms with Gasteiger partial charge in [-0.15, -0.1) is 0 Å². The van der Waals surface area contributed by atoms with Crippen LogP contribution in [0.3, 0.4) is 0 Å². The smallest absolute Gasteiger partial charge is 0.270 e. The van der Waals surface area contributed by atoms with Crippen molar-refractivity contribution in [3.8, 4) is 11.5 Å². The fourth-order valence-electron chi connectivity index (χ4n) is 3.45. The first-order valence-electron chi connectivity index (χ1n) is 10.8. The highest BCUT2D eigenvalue weighted by molar-refractivity contribution is 7.80. The van der Waals surface area contributed by atoms with E-state index in [4.69, 9.17) is 56.5 Å². The normalized spacial score (nSPS) is 14.7. The molecule has 0 aromatic heterocycles. The van der Waals surface area contributed by atoms with Crippen molar-refractivity contribution < 1.29 is 19.1 Å². The zero-order chi connectivity index (χ0) is 25.8. The van der Waals surface area contributed by atoms with Gasteiger partial charge in [0.2, 0.25) is 0 Å². The van der Waals surface area contributed by atoms with Crippen LogP contribution in [0.5, 0.6) is 11.5 Å². The number of halogens is 3. The Bertz CT molecular complexity index is 1380. The minimum absolute atomic E-state index is 0.0101. The summed E-state index contributed by atoms with van der Waals surface area (Å²) in [7, 11) is 0. The molecule has 0 bridgehead atoms. The molecule has 0 atom stereocenters. The fourth-order valence-corrected chi connectivity index (χ4v) is 4.32. The molecule has 0 spiro atoms. The van der Waals surface area contributed by atoms with Gasteiger partial charge in [0.25, 0.3) is 11.8 Å². The molecule has 3 aromatic carbocycles. The number of thiocarbonyl (C=S) groups is 1. The predicted molar refractivity (Wildman–Crippen MR) is 146 cm³/mol. The maximum atomic E-state index is 13.2. The molecule has 184 valence electrons. The van der Waals surface area contributed by atoms with Gasteiger partial charge in [-0.25, -0.2) is 0 Å². The molecule has 0 radical (unpaired) electrons. The van der Waals surface area contributed by atoms with Crippen molar-refractivity contribution in [2.75, 3.05) is 11.5 Å². The quantitative estimate of drug-likeness (QED) is 0.204. The van der Waals surface area contributed by atoms with Gasteiger partial charge in [-0.3, -0.25) is 19.8 Å². The Balaban J connectivity index is 1.61. The van der Waals surface area contributed by atoms with Crippen LogP contribution < -0.4 is 19.7 Å². The number of rotatable bonds is 7. The number of nitrogens with zero attached hydrogens (tertiary/aromatic N) is 1. The number of hydrogen-bond acceptors (Lipinski definition) is 5. The lowest BCUT2D eigenvalue weighted by atomic mass is 10.1. The average Bonchev–Trinajstić information content (AvgIpc) is 2.83. The van der Waals surface area contributed by atoms with E-state index in [1.807, 2.05) is 6.92 Å². The molecule has 0 unspecified atom stereocenters. The maximum Gasteiger partial charge on any atom is 0.270 e. The lowest BCUT2D eigenvalue weighted by Gasteiger charge is -2.29. The van der Waals surface area contributed by atoms with Gasteiger partial charge in [-0.05, 0) is 79.3 Å². The molecule has 4 rings (SSSR count). The molecular weight excluding hydrogens is 543 g/mol. The van der Waals surface area contributed by atoms with Crippen LogP contribution >= 0.6 is 47.0 Å². The van der Waals surface area contributed by atoms with E-state index < -0.39 is 11.8 Å². The summed E-state index contributed by atoms with van der Waals surface area (Å²) >= 11 is 23.4. The second-order valence-electron chi connectivity index (χ2n) is 7.60. The van der Waals surface area contributed by atoms with Gasteiger partial charge in [0.1, 0.15) is 12.2 Å². The van der Waals surface area contributed by atoms with Gasteiger partial charge in [0.05, 0.1) is 12.3 Å². The van der Waals surface area contributed by atoms with E-state index in [2.05, 4.69) is 5.32 Å². The van der Waals surface area contributed by atoms with Gasteiger partial charge < -0.3 is 9.47 Å². The van der Waals surface area contributed by atoms with E-state index in [-0.39, 0.29) is 17.3 Å². The first-order valence-corrected chi connectivity index (χ1v) is 12.3. The minimum Gasteiger partial charge on any atom is -0.490 e. The number of anilines is 1. The van der Waals surface area contributed by atoms with Crippen LogP contribution in [0, 0.1) is 0 Å². The van der Waals surface area contributed by atoms with Crippen LogP contribution in [0.15, 0.2) is 66.2 Å². The Morgan fingerprint density at radius 3 is 2.33 bits per heavy atom. The third-order valence-electron chi connectivity index (χ3n) is 5.16. The number of hydrogen-bond donors (Lipinski definition) is 1. The standard InChI is InChI=1S/C26H19Cl3N2O4S/c1-2-34-23-12-15(3-10-22(23)35-14-16-4-5-18(28)13-21(16)29)11-20-24(32)30-26(36)31(25(20)33)19-8-6-17(27)7-9-19/h3-13H,2,14H2,1H3,(H,30,32,36)/b20-11+. The number of nitrogens with one attached hydrogen (secondary N) is 1. The first kappa shape index (κ1) is 26.0. The van der Waals surface area contributed by atoms with Crippen molar-refractivity contribution in [3.05, 3.63) is 92.4 Å². The van der Waals surface area contributed by atoms with Gasteiger partial charge in [0.15, 0.2) is 16.6 Å². The van der Waals surface area contributed by atoms with Crippen molar-refractivity contribution in [2.45, 2.75) is 13.5 Å². The molecule has 1 aliphatic heterocycles. The molecule has 0 aliphatic carbocycles. The molecule has 0 saturated carbocycles. The molecule has 2 amide bonds. The minimum atomic E-state index is -0.592. The molecule has 36 heavy (non-hydrogen) atoms. The number of carbonyl (C=O) groups excluding carboxylic acids is 2. The van der Waals surface area contributed by atoms with Crippen molar-refractivity contribution >= 4 is 75.7 Å². The van der Waals surface area contributed by atoms with Crippen molar-refractivity contribution in [1.29, 1.82) is 0 Å². The second kappa shape index (κ2) is 11.3. The molecule has 1 aliphatic rings. The fraction of sp³-hybridized carbons (Fsp3) is 0.115. The average molecular weight is 562 g/mol. The number of carbonyl (C=O) groups is 2. The topological polar surface area (TPSA) is 67.9 Å². The van der Waals surface area contributed by atoms with E-state index in [0.29, 0.717) is 44.4 Å². The van der Waals surface area contributed by atoms with Crippen LogP contribution in [-0.2, 0) is 16.2 Å². The summed E-state index contributed by atoms with van der Waals surface area (Å²) in [6.07, 6.45) is 1.48. The molecule has 10 heteroatoms. The zero-order valence-electron chi connectivity index (χ0n) is 18.9. The molecule has 1 saturated heterocycles. The summed E-state index contributed by atoms with van der Waals surface area (Å²) in [6.45, 7) is 2.43. The maximum absolute atomic E-state index is 13.2. The summed E-state index contributed by atoms with van der Waals surface area (Å²) in [5, 5.41) is 4.09. The van der Waals surface area contributed by atoms with Crippen LogP contribution in [0.2, 0.25) is 15.1 Å². The SMILES string of the molecule is CCOc1cc(/C=C2\C(=O)NC(=S)N(c3ccc(Cl)cc3)C2=O)ccc1OCc1ccc(Cl)cc1Cl. The van der Waals surface area contributed by atoms with Crippen LogP contribution in [0.4, 0.5) is 5.69 Å². The summed E-state index contributed by atoms with van der Waals surface area (Å²) in [6, 6.07) is 16.8. The number of benzene rings is 3. The molecule has 3 aromatic rings. The molecule has 1 fully saturated rings. The van der Waals surface area contributed by atoms with Crippen molar-refractivity contribution in [1.82, 2.24) is 5.32 Å². The molecular formula is C26H19Cl3N2O4S. The van der Waals surface area contributed by atoms with E-state index in [0.717, 1.165) is 5.56 Å². The van der Waals surface area contributed by atoms with Crippen LogP contribution in [0.25, 0.3) is 6.08 Å². The summed E-state index contributed by atoms with van der Waals surface area (Å²) in [5.41, 5.74) is 1.73. The summed E-state index contributed by atoms with van der Waals surface area (Å²) in [4.78, 5) is 27.1. The van der Waals surface area contributed by atoms with Crippen LogP contribution in [0.1, 0.15) is 18.1 Å². The largest absolute Gasteiger partial charge is 0.490 e. The Hall–Kier alpha value is -3.10. The highest BCUT2D eigenvalue weighted by atomic mass is 35.5. The van der Waals surface area contributed by atoms with E-state index in [1.54, 1.807) is 60.7 Å². The molecule has 6 nitrogen and oxygen atoms in total. The number of ether oxygens (including phenoxy) is 2. The van der Waals surface area contributed by atoms with Gasteiger partial charge in [-0.2, -0.15) is 0 Å². The summed E-state index contributed by atoms with van der Waals surface area (Å²) < 4.78 is 11.7. The van der Waals surface area contributed by atoms with Crippen LogP contribution in [-0.4, -0.2) is 23.5 Å². The molecule has 1 heterocycles. The van der Waals surface area contributed by atoms with Crippen molar-refractivity contribution in [2.24, 2.45) is 0 Å². The monoisotopic (exact) mass is 560 g/mol. The third kappa shape index (κ3) is 5.82. The number of amides is 2. The second-order valence-corrected chi connectivity index (χ2v) is 9.26. The van der Waals surface area contributed by atoms with E-state index in [9.17, 15) is 9.59 Å². The Morgan fingerprint density at radius 2 is 1.64 bits per heavy atom. The van der Waals surface area contributed by atoms with Gasteiger partial charge in [-0.1, -0.05) is 46.9 Å². The lowest BCUT2D eigenvalue weighted by molar-refractivity contribution is -0.122. The Kier molecular flexibility index (Phi) is 8.16. The van der Waals surface area contributed by atoms with Crippen molar-refractivity contribution in [3.63, 3.8) is 0 Å².